The van der Waals surface area contributed by atoms with E-state index in [9.17, 15) is 9.59 Å². The number of carbonyl (C=O) groups is 2. The minimum absolute atomic E-state index is 0.0209. The van der Waals surface area contributed by atoms with Crippen LogP contribution in [0, 0.1) is 0 Å². The molecule has 1 aromatic rings. The maximum atomic E-state index is 11.0. The molecule has 0 aliphatic heterocycles. The van der Waals surface area contributed by atoms with E-state index in [-0.39, 0.29) is 12.2 Å². The van der Waals surface area contributed by atoms with Crippen molar-refractivity contribution in [3.63, 3.8) is 0 Å². The summed E-state index contributed by atoms with van der Waals surface area (Å²) >= 11 is 4.56. The minimum Gasteiger partial charge on any atom is -0.303 e. The Morgan fingerprint density at radius 2 is 2.45 bits per heavy atom. The monoisotopic (exact) mass is 232 g/mol. The Morgan fingerprint density at radius 1 is 1.73 bits per heavy atom. The molecule has 0 fully saturated rings. The van der Waals surface area contributed by atoms with E-state index in [1.54, 1.807) is 6.07 Å². The molecule has 0 N–H and O–H groups in total. The summed E-state index contributed by atoms with van der Waals surface area (Å²) in [6, 6.07) is 1.72. The van der Waals surface area contributed by atoms with Gasteiger partial charge in [-0.05, 0) is 22.0 Å². The fourth-order valence-electron chi connectivity index (χ4n) is 0.636. The van der Waals surface area contributed by atoms with Crippen molar-refractivity contribution in [2.24, 2.45) is 0 Å². The average molecular weight is 233 g/mol. The molecule has 0 radical (unpaired) electrons. The van der Waals surface area contributed by atoms with Crippen molar-refractivity contribution in [2.75, 3.05) is 0 Å². The Labute approximate surface area is 76.4 Å². The van der Waals surface area contributed by atoms with Crippen LogP contribution in [0.15, 0.2) is 15.9 Å². The maximum absolute atomic E-state index is 11.0. The third-order valence-corrected chi connectivity index (χ3v) is 2.84. The summed E-state index contributed by atoms with van der Waals surface area (Å²) in [5.41, 5.74) is 0. The molecule has 0 aliphatic rings. The zero-order chi connectivity index (χ0) is 8.27. The highest BCUT2D eigenvalue weighted by Crippen LogP contribution is 2.20. The molecular weight excluding hydrogens is 228 g/mol. The number of hydrogen-bond donors (Lipinski definition) is 0. The Kier molecular flexibility index (Phi) is 2.96. The Hall–Kier alpha value is -0.480. The minimum atomic E-state index is -0.115. The van der Waals surface area contributed by atoms with Crippen LogP contribution in [0.2, 0.25) is 0 Å². The van der Waals surface area contributed by atoms with Crippen LogP contribution in [0.25, 0.3) is 0 Å². The summed E-state index contributed by atoms with van der Waals surface area (Å²) in [6.45, 7) is 0. The van der Waals surface area contributed by atoms with E-state index >= 15 is 0 Å². The number of thiophene rings is 1. The third-order valence-electron chi connectivity index (χ3n) is 1.11. The predicted octanol–water partition coefficient (Wildman–Crippen LogP) is 2.28. The van der Waals surface area contributed by atoms with Crippen LogP contribution >= 0.6 is 27.3 Å². The third kappa shape index (κ3) is 2.24. The van der Waals surface area contributed by atoms with Gasteiger partial charge in [0.15, 0.2) is 5.78 Å². The number of halogens is 1. The quantitative estimate of drug-likeness (QED) is 0.456. The SMILES string of the molecule is O=CCC(=O)c1cc(Br)cs1. The van der Waals surface area contributed by atoms with Gasteiger partial charge in [-0.2, -0.15) is 0 Å². The van der Waals surface area contributed by atoms with Crippen molar-refractivity contribution in [1.29, 1.82) is 0 Å². The molecule has 1 heterocycles. The van der Waals surface area contributed by atoms with E-state index in [1.165, 1.54) is 11.3 Å². The number of rotatable bonds is 3. The van der Waals surface area contributed by atoms with Gasteiger partial charge >= 0.3 is 0 Å². The van der Waals surface area contributed by atoms with Gasteiger partial charge < -0.3 is 4.79 Å². The van der Waals surface area contributed by atoms with Crippen LogP contribution in [0.3, 0.4) is 0 Å². The van der Waals surface area contributed by atoms with Gasteiger partial charge in [-0.15, -0.1) is 11.3 Å². The summed E-state index contributed by atoms with van der Waals surface area (Å²) in [4.78, 5) is 21.6. The Morgan fingerprint density at radius 3 is 2.91 bits per heavy atom. The largest absolute Gasteiger partial charge is 0.303 e. The van der Waals surface area contributed by atoms with E-state index < -0.39 is 0 Å². The smallest absolute Gasteiger partial charge is 0.179 e. The van der Waals surface area contributed by atoms with E-state index in [4.69, 9.17) is 0 Å². The van der Waals surface area contributed by atoms with E-state index in [0.29, 0.717) is 11.2 Å². The molecule has 0 unspecified atom stereocenters. The summed E-state index contributed by atoms with van der Waals surface area (Å²) in [5, 5.41) is 1.82. The van der Waals surface area contributed by atoms with Gasteiger partial charge in [0.25, 0.3) is 0 Å². The first-order chi connectivity index (χ1) is 5.24. The first kappa shape index (κ1) is 8.62. The topological polar surface area (TPSA) is 34.1 Å². The lowest BCUT2D eigenvalue weighted by Gasteiger charge is -1.86. The molecule has 0 saturated heterocycles. The van der Waals surface area contributed by atoms with Crippen LogP contribution < -0.4 is 0 Å². The summed E-state index contributed by atoms with van der Waals surface area (Å²) in [7, 11) is 0. The summed E-state index contributed by atoms with van der Waals surface area (Å²) in [5.74, 6) is -0.115. The van der Waals surface area contributed by atoms with Crippen molar-refractivity contribution < 1.29 is 9.59 Å². The molecule has 58 valence electrons. The average Bonchev–Trinajstić information content (AvgIpc) is 2.36. The lowest BCUT2D eigenvalue weighted by atomic mass is 10.2. The predicted molar refractivity (Wildman–Crippen MR) is 47.0 cm³/mol. The van der Waals surface area contributed by atoms with Crippen LogP contribution in [-0.4, -0.2) is 12.1 Å². The van der Waals surface area contributed by atoms with Gasteiger partial charge in [0.05, 0.1) is 11.3 Å². The van der Waals surface area contributed by atoms with Gasteiger partial charge in [0, 0.05) is 9.85 Å². The molecule has 1 rings (SSSR count). The fraction of sp³-hybridized carbons (Fsp3) is 0.143. The van der Waals surface area contributed by atoms with Crippen LogP contribution in [0.5, 0.6) is 0 Å². The second-order valence-corrected chi connectivity index (χ2v) is 3.75. The normalized spacial score (nSPS) is 9.55. The van der Waals surface area contributed by atoms with Crippen LogP contribution in [-0.2, 0) is 4.79 Å². The molecular formula is C7H5BrO2S. The van der Waals surface area contributed by atoms with E-state index in [0.717, 1.165) is 4.47 Å². The van der Waals surface area contributed by atoms with Crippen molar-refractivity contribution in [1.82, 2.24) is 0 Å². The lowest BCUT2D eigenvalue weighted by Crippen LogP contribution is -1.95. The molecule has 0 spiro atoms. The number of hydrogen-bond acceptors (Lipinski definition) is 3. The molecule has 1 aromatic heterocycles. The van der Waals surface area contributed by atoms with Crippen LogP contribution in [0.1, 0.15) is 16.1 Å². The van der Waals surface area contributed by atoms with Gasteiger partial charge in [0.1, 0.15) is 6.29 Å². The molecule has 0 saturated carbocycles. The summed E-state index contributed by atoms with van der Waals surface area (Å²) in [6.07, 6.45) is 0.600. The second kappa shape index (κ2) is 3.78. The first-order valence-electron chi connectivity index (χ1n) is 2.95. The maximum Gasteiger partial charge on any atom is 0.179 e. The summed E-state index contributed by atoms with van der Waals surface area (Å²) < 4.78 is 0.886. The molecule has 0 atom stereocenters. The van der Waals surface area contributed by atoms with E-state index in [1.807, 2.05) is 5.38 Å². The van der Waals surface area contributed by atoms with Gasteiger partial charge in [0.2, 0.25) is 0 Å². The van der Waals surface area contributed by atoms with Gasteiger partial charge in [-0.25, -0.2) is 0 Å². The molecule has 2 nitrogen and oxygen atoms in total. The number of aldehydes is 1. The van der Waals surface area contributed by atoms with Crippen molar-refractivity contribution in [2.45, 2.75) is 6.42 Å². The molecule has 4 heteroatoms. The molecule has 11 heavy (non-hydrogen) atoms. The second-order valence-electron chi connectivity index (χ2n) is 1.92. The molecule has 0 aromatic carbocycles. The number of Topliss-reactive ketones (excluding diaryl/α,β-unsaturated/α-hetero) is 1. The highest BCUT2D eigenvalue weighted by molar-refractivity contribution is 9.10. The Bertz CT molecular complexity index is 280. The Balaban J connectivity index is 2.76. The molecule has 0 amide bonds. The van der Waals surface area contributed by atoms with Crippen molar-refractivity contribution >= 4 is 39.3 Å². The zero-order valence-corrected chi connectivity index (χ0v) is 7.94. The zero-order valence-electron chi connectivity index (χ0n) is 5.54. The van der Waals surface area contributed by atoms with Crippen molar-refractivity contribution in [3.05, 3.63) is 20.8 Å². The highest BCUT2D eigenvalue weighted by Gasteiger charge is 2.06. The highest BCUT2D eigenvalue weighted by atomic mass is 79.9. The standard InChI is InChI=1S/C7H5BrO2S/c8-5-3-7(11-4-5)6(10)1-2-9/h2-4H,1H2. The van der Waals surface area contributed by atoms with E-state index in [2.05, 4.69) is 15.9 Å². The number of carbonyl (C=O) groups excluding carboxylic acids is 2. The number of ketones is 1. The van der Waals surface area contributed by atoms with Gasteiger partial charge in [-0.1, -0.05) is 0 Å². The first-order valence-corrected chi connectivity index (χ1v) is 4.62. The molecule has 0 aliphatic carbocycles. The lowest BCUT2D eigenvalue weighted by molar-refractivity contribution is -0.107. The van der Waals surface area contributed by atoms with Crippen molar-refractivity contribution in [3.8, 4) is 0 Å². The fourth-order valence-corrected chi connectivity index (χ4v) is 2.01. The molecule has 0 bridgehead atoms. The van der Waals surface area contributed by atoms with Gasteiger partial charge in [-0.3, -0.25) is 4.79 Å². The van der Waals surface area contributed by atoms with Crippen LogP contribution in [0.4, 0.5) is 0 Å².